The summed E-state index contributed by atoms with van der Waals surface area (Å²) in [5.41, 5.74) is -0.0977. The fourth-order valence-electron chi connectivity index (χ4n) is 2.92. The number of piperazine rings is 1. The van der Waals surface area contributed by atoms with Gasteiger partial charge in [0.1, 0.15) is 6.29 Å². The van der Waals surface area contributed by atoms with Gasteiger partial charge in [0.15, 0.2) is 0 Å². The van der Waals surface area contributed by atoms with Crippen molar-refractivity contribution in [2.45, 2.75) is 37.6 Å². The van der Waals surface area contributed by atoms with E-state index >= 15 is 0 Å². The molecule has 2 fully saturated rings. The highest BCUT2D eigenvalue weighted by Crippen LogP contribution is 2.32. The van der Waals surface area contributed by atoms with Gasteiger partial charge in [-0.15, -0.1) is 0 Å². The first-order valence-electron chi connectivity index (χ1n) is 6.17. The van der Waals surface area contributed by atoms with Gasteiger partial charge in [0, 0.05) is 26.2 Å². The minimum absolute atomic E-state index is 0.0977. The molecule has 1 heterocycles. The Bertz CT molecular complexity index is 216. The van der Waals surface area contributed by atoms with Crippen LogP contribution in [0.3, 0.4) is 0 Å². The van der Waals surface area contributed by atoms with Crippen LogP contribution in [0.4, 0.5) is 0 Å². The molecule has 0 bridgehead atoms. The van der Waals surface area contributed by atoms with Gasteiger partial charge < -0.3 is 9.69 Å². The Morgan fingerprint density at radius 3 is 2.13 bits per heavy atom. The van der Waals surface area contributed by atoms with E-state index in [2.05, 4.69) is 16.8 Å². The molecular weight excluding hydrogens is 188 g/mol. The first-order chi connectivity index (χ1) is 7.27. The van der Waals surface area contributed by atoms with E-state index in [0.717, 1.165) is 39.0 Å². The normalized spacial score (nSPS) is 28.9. The predicted molar refractivity (Wildman–Crippen MR) is 61.0 cm³/mol. The maximum absolute atomic E-state index is 11.4. The Labute approximate surface area is 92.4 Å². The zero-order valence-electron chi connectivity index (χ0n) is 9.74. The zero-order chi connectivity index (χ0) is 10.7. The highest BCUT2D eigenvalue weighted by Gasteiger charge is 2.38. The molecule has 1 saturated heterocycles. The summed E-state index contributed by atoms with van der Waals surface area (Å²) in [6.07, 6.45) is 7.16. The quantitative estimate of drug-likeness (QED) is 0.638. The fourth-order valence-corrected chi connectivity index (χ4v) is 2.92. The van der Waals surface area contributed by atoms with Crippen LogP contribution in [0.25, 0.3) is 0 Å². The second-order valence-corrected chi connectivity index (χ2v) is 5.07. The molecule has 0 amide bonds. The third-order valence-electron chi connectivity index (χ3n) is 4.07. The van der Waals surface area contributed by atoms with Crippen molar-refractivity contribution in [1.29, 1.82) is 0 Å². The molecule has 3 heteroatoms. The maximum Gasteiger partial charge on any atom is 0.140 e. The van der Waals surface area contributed by atoms with E-state index in [9.17, 15) is 4.79 Å². The maximum atomic E-state index is 11.4. The van der Waals surface area contributed by atoms with Crippen molar-refractivity contribution >= 4 is 6.29 Å². The summed E-state index contributed by atoms with van der Waals surface area (Å²) < 4.78 is 0. The largest absolute Gasteiger partial charge is 0.304 e. The number of likely N-dealkylation sites (N-methyl/N-ethyl adjacent to an activating group) is 1. The van der Waals surface area contributed by atoms with E-state index in [0.29, 0.717) is 0 Å². The van der Waals surface area contributed by atoms with Crippen LogP contribution in [0, 0.1) is 0 Å². The molecule has 0 spiro atoms. The summed E-state index contributed by atoms with van der Waals surface area (Å²) in [5.74, 6) is 0. The van der Waals surface area contributed by atoms with Crippen LogP contribution in [0.2, 0.25) is 0 Å². The summed E-state index contributed by atoms with van der Waals surface area (Å²) in [6.45, 7) is 4.34. The molecule has 0 radical (unpaired) electrons. The van der Waals surface area contributed by atoms with E-state index < -0.39 is 0 Å². The molecule has 2 aliphatic rings. The van der Waals surface area contributed by atoms with Crippen molar-refractivity contribution in [3.8, 4) is 0 Å². The molecule has 0 aromatic carbocycles. The molecule has 0 unspecified atom stereocenters. The second-order valence-electron chi connectivity index (χ2n) is 5.07. The zero-order valence-corrected chi connectivity index (χ0v) is 9.74. The third-order valence-corrected chi connectivity index (χ3v) is 4.07. The molecule has 0 aromatic heterocycles. The molecule has 15 heavy (non-hydrogen) atoms. The Hall–Kier alpha value is -0.410. The summed E-state index contributed by atoms with van der Waals surface area (Å²) in [5, 5.41) is 0. The summed E-state index contributed by atoms with van der Waals surface area (Å²) in [7, 11) is 2.16. The minimum Gasteiger partial charge on any atom is -0.304 e. The van der Waals surface area contributed by atoms with Crippen molar-refractivity contribution < 1.29 is 4.79 Å². The second kappa shape index (κ2) is 4.62. The van der Waals surface area contributed by atoms with Crippen molar-refractivity contribution in [2.24, 2.45) is 0 Å². The van der Waals surface area contributed by atoms with Crippen LogP contribution >= 0.6 is 0 Å². The molecule has 86 valence electrons. The van der Waals surface area contributed by atoms with Crippen LogP contribution in [-0.2, 0) is 4.79 Å². The van der Waals surface area contributed by atoms with E-state index in [1.165, 1.54) is 25.5 Å². The molecular formula is C12H22N2O. The van der Waals surface area contributed by atoms with Gasteiger partial charge in [0.2, 0.25) is 0 Å². The summed E-state index contributed by atoms with van der Waals surface area (Å²) in [4.78, 5) is 16.2. The fraction of sp³-hybridized carbons (Fsp3) is 0.917. The average molecular weight is 210 g/mol. The van der Waals surface area contributed by atoms with Crippen LogP contribution in [0.5, 0.6) is 0 Å². The van der Waals surface area contributed by atoms with Crippen molar-refractivity contribution in [3.05, 3.63) is 0 Å². The minimum atomic E-state index is -0.0977. The van der Waals surface area contributed by atoms with Gasteiger partial charge in [-0.2, -0.15) is 0 Å². The Morgan fingerprint density at radius 2 is 1.60 bits per heavy atom. The van der Waals surface area contributed by atoms with Gasteiger partial charge in [0.25, 0.3) is 0 Å². The van der Waals surface area contributed by atoms with Gasteiger partial charge >= 0.3 is 0 Å². The number of aldehydes is 1. The van der Waals surface area contributed by atoms with Gasteiger partial charge in [-0.3, -0.25) is 4.90 Å². The number of hydrogen-bond donors (Lipinski definition) is 0. The van der Waals surface area contributed by atoms with Crippen LogP contribution in [0.1, 0.15) is 32.1 Å². The van der Waals surface area contributed by atoms with Crippen molar-refractivity contribution in [3.63, 3.8) is 0 Å². The topological polar surface area (TPSA) is 23.6 Å². The number of carbonyl (C=O) groups is 1. The molecule has 1 aliphatic heterocycles. The first kappa shape index (κ1) is 11.1. The van der Waals surface area contributed by atoms with Crippen LogP contribution in [0.15, 0.2) is 0 Å². The van der Waals surface area contributed by atoms with Gasteiger partial charge in [-0.05, 0) is 19.9 Å². The molecule has 0 N–H and O–H groups in total. The van der Waals surface area contributed by atoms with Crippen LogP contribution in [-0.4, -0.2) is 54.9 Å². The van der Waals surface area contributed by atoms with E-state index in [4.69, 9.17) is 0 Å². The third kappa shape index (κ3) is 2.23. The molecule has 2 rings (SSSR count). The highest BCUT2D eigenvalue weighted by molar-refractivity contribution is 5.64. The highest BCUT2D eigenvalue weighted by atomic mass is 16.1. The number of hydrogen-bond acceptors (Lipinski definition) is 3. The Balaban J connectivity index is 2.01. The smallest absolute Gasteiger partial charge is 0.140 e. The lowest BCUT2D eigenvalue weighted by Gasteiger charge is -2.46. The lowest BCUT2D eigenvalue weighted by Crippen LogP contribution is -2.58. The average Bonchev–Trinajstić information content (AvgIpc) is 2.31. The van der Waals surface area contributed by atoms with Crippen LogP contribution < -0.4 is 0 Å². The molecule has 1 saturated carbocycles. The van der Waals surface area contributed by atoms with E-state index in [1.54, 1.807) is 0 Å². The lowest BCUT2D eigenvalue weighted by atomic mass is 9.81. The number of carbonyl (C=O) groups excluding carboxylic acids is 1. The van der Waals surface area contributed by atoms with Crippen molar-refractivity contribution in [1.82, 2.24) is 9.80 Å². The molecule has 3 nitrogen and oxygen atoms in total. The van der Waals surface area contributed by atoms with Crippen molar-refractivity contribution in [2.75, 3.05) is 33.2 Å². The predicted octanol–water partition coefficient (Wildman–Crippen LogP) is 1.14. The number of nitrogens with zero attached hydrogens (tertiary/aromatic N) is 2. The Morgan fingerprint density at radius 1 is 1.00 bits per heavy atom. The standard InChI is InChI=1S/C12H22N2O/c1-13-7-9-14(10-8-13)12(11-15)5-3-2-4-6-12/h11H,2-10H2,1H3. The summed E-state index contributed by atoms with van der Waals surface area (Å²) >= 11 is 0. The lowest BCUT2D eigenvalue weighted by molar-refractivity contribution is -0.122. The summed E-state index contributed by atoms with van der Waals surface area (Å²) in [6, 6.07) is 0. The van der Waals surface area contributed by atoms with E-state index in [1.807, 2.05) is 0 Å². The molecule has 0 aromatic rings. The van der Waals surface area contributed by atoms with Gasteiger partial charge in [0.05, 0.1) is 5.54 Å². The Kier molecular flexibility index (Phi) is 3.42. The SMILES string of the molecule is CN1CCN(C2(C=O)CCCCC2)CC1. The molecule has 0 atom stereocenters. The van der Waals surface area contributed by atoms with E-state index in [-0.39, 0.29) is 5.54 Å². The first-order valence-corrected chi connectivity index (χ1v) is 6.17. The monoisotopic (exact) mass is 210 g/mol. The van der Waals surface area contributed by atoms with Gasteiger partial charge in [-0.25, -0.2) is 0 Å². The molecule has 1 aliphatic carbocycles. The van der Waals surface area contributed by atoms with Gasteiger partial charge in [-0.1, -0.05) is 19.3 Å². The number of rotatable bonds is 2.